The summed E-state index contributed by atoms with van der Waals surface area (Å²) in [5, 5.41) is 12.8. The minimum absolute atomic E-state index is 0.0780. The van der Waals surface area contributed by atoms with Crippen LogP contribution in [0.3, 0.4) is 0 Å². The lowest BCUT2D eigenvalue weighted by Gasteiger charge is -2.47. The molecule has 344 valence electrons. The molecule has 3 saturated heterocycles. The molecule has 7 aliphatic rings. The monoisotopic (exact) mass is 934 g/mol. The second-order valence-corrected chi connectivity index (χ2v) is 20.6. The van der Waals surface area contributed by atoms with Gasteiger partial charge in [0, 0.05) is 76.7 Å². The number of fused-ring (bicyclic) bond motifs is 4. The van der Waals surface area contributed by atoms with Crippen LogP contribution in [0.4, 0.5) is 10.1 Å². The Morgan fingerprint density at radius 2 is 1.62 bits per heavy atom. The number of hydrogen-bond donors (Lipinski definition) is 4. The lowest BCUT2D eigenvalue weighted by molar-refractivity contribution is -0.139. The Bertz CT molecular complexity index is 2620. The van der Waals surface area contributed by atoms with Gasteiger partial charge in [0.25, 0.3) is 5.91 Å². The van der Waals surface area contributed by atoms with Gasteiger partial charge in [-0.2, -0.15) is 0 Å². The van der Waals surface area contributed by atoms with E-state index in [2.05, 4.69) is 40.0 Å². The third-order valence-electron chi connectivity index (χ3n) is 16.0. The summed E-state index contributed by atoms with van der Waals surface area (Å²) in [6, 6.07) is 13.7. The van der Waals surface area contributed by atoms with E-state index >= 15 is 4.39 Å². The Hall–Kier alpha value is -5.29. The molecule has 4 atom stereocenters. The number of rotatable bonds is 5. The summed E-state index contributed by atoms with van der Waals surface area (Å²) in [5.41, 5.74) is 1.03. The molecule has 5 fully saturated rings. The van der Waals surface area contributed by atoms with Crippen LogP contribution in [-0.2, 0) is 35.9 Å². The molecule has 3 aromatic rings. The maximum Gasteiger partial charge on any atom is 0.255 e. The number of halogens is 3. The average Bonchev–Trinajstić information content (AvgIpc) is 3.90. The Morgan fingerprint density at radius 1 is 0.879 bits per heavy atom. The van der Waals surface area contributed by atoms with Crippen LogP contribution < -0.4 is 21.3 Å². The fourth-order valence-corrected chi connectivity index (χ4v) is 12.9. The highest BCUT2D eigenvalue weighted by Gasteiger charge is 2.72. The lowest BCUT2D eigenvalue weighted by atomic mass is 9.55. The van der Waals surface area contributed by atoms with Gasteiger partial charge in [0.05, 0.1) is 11.1 Å². The number of anilines is 1. The predicted molar refractivity (Wildman–Crippen MR) is 246 cm³/mol. The number of amides is 6. The number of nitrogens with zero attached hydrogens (tertiary/aromatic N) is 2. The molecular weight excluding hydrogens is 883 g/mol. The van der Waals surface area contributed by atoms with E-state index in [4.69, 9.17) is 23.2 Å². The first-order valence-corrected chi connectivity index (χ1v) is 24.2. The van der Waals surface area contributed by atoms with E-state index in [1.807, 2.05) is 17.0 Å². The molecule has 5 heterocycles. The van der Waals surface area contributed by atoms with Gasteiger partial charge >= 0.3 is 0 Å². The topological polar surface area (TPSA) is 157 Å². The van der Waals surface area contributed by atoms with Crippen molar-refractivity contribution < 1.29 is 33.2 Å². The molecular formula is C51H53Cl2FN6O6. The Kier molecular flexibility index (Phi) is 11.5. The molecule has 2 spiro atoms. The first-order chi connectivity index (χ1) is 31.7. The van der Waals surface area contributed by atoms with Gasteiger partial charge in [0.15, 0.2) is 0 Å². The SMILES string of the molecule is CC1(C#Cc2cccc3c2CN(C2CCC(=O)NC2=O)C3=O)CCN(C(=O)[C@H]2CC[C@H](NC(=O)[C@@H]3NC4(CCCCC4)C4(C(=O)Nc5cc(Cl)ccc54)[C@H]3c3cccc(Cl)c3F)CC2)CC1. The molecule has 12 nitrogen and oxygen atoms in total. The van der Waals surface area contributed by atoms with E-state index in [0.717, 1.165) is 30.4 Å². The molecule has 4 N–H and O–H groups in total. The molecule has 2 saturated carbocycles. The zero-order valence-electron chi connectivity index (χ0n) is 36.9. The van der Waals surface area contributed by atoms with Crippen LogP contribution in [-0.4, -0.2) is 82.0 Å². The summed E-state index contributed by atoms with van der Waals surface area (Å²) in [4.78, 5) is 84.6. The largest absolute Gasteiger partial charge is 0.352 e. The molecule has 0 aromatic heterocycles. The fourth-order valence-electron chi connectivity index (χ4n) is 12.5. The van der Waals surface area contributed by atoms with E-state index in [-0.39, 0.29) is 70.5 Å². The number of piperidine rings is 2. The molecule has 6 amide bonds. The summed E-state index contributed by atoms with van der Waals surface area (Å²) in [5.74, 6) is 3.59. The van der Waals surface area contributed by atoms with Crippen molar-refractivity contribution in [1.29, 1.82) is 0 Å². The van der Waals surface area contributed by atoms with Crippen molar-refractivity contribution in [3.05, 3.63) is 98.3 Å². The predicted octanol–water partition coefficient (Wildman–Crippen LogP) is 6.90. The number of hydrogen-bond acceptors (Lipinski definition) is 7. The maximum atomic E-state index is 16.4. The second-order valence-electron chi connectivity index (χ2n) is 19.8. The average molecular weight is 936 g/mol. The zero-order valence-corrected chi connectivity index (χ0v) is 38.4. The van der Waals surface area contributed by atoms with E-state index in [0.29, 0.717) is 92.7 Å². The number of likely N-dealkylation sites (tertiary alicyclic amines) is 1. The van der Waals surface area contributed by atoms with Crippen molar-refractivity contribution >= 4 is 64.3 Å². The summed E-state index contributed by atoms with van der Waals surface area (Å²) in [6.07, 6.45) is 8.23. The van der Waals surface area contributed by atoms with E-state index in [1.54, 1.807) is 36.4 Å². The van der Waals surface area contributed by atoms with Gasteiger partial charge in [0.1, 0.15) is 17.3 Å². The maximum absolute atomic E-state index is 16.4. The van der Waals surface area contributed by atoms with Crippen molar-refractivity contribution in [3.63, 3.8) is 0 Å². The van der Waals surface area contributed by atoms with Crippen molar-refractivity contribution in [2.45, 2.75) is 132 Å². The number of benzene rings is 3. The molecule has 5 aliphatic heterocycles. The van der Waals surface area contributed by atoms with Gasteiger partial charge in [-0.3, -0.25) is 39.4 Å². The van der Waals surface area contributed by atoms with Crippen molar-refractivity contribution in [2.24, 2.45) is 11.3 Å². The highest BCUT2D eigenvalue weighted by atomic mass is 35.5. The van der Waals surface area contributed by atoms with Crippen molar-refractivity contribution in [3.8, 4) is 11.8 Å². The van der Waals surface area contributed by atoms with Gasteiger partial charge in [-0.1, -0.05) is 78.6 Å². The van der Waals surface area contributed by atoms with Gasteiger partial charge in [-0.15, -0.1) is 0 Å². The molecule has 10 rings (SSSR count). The van der Waals surface area contributed by atoms with Gasteiger partial charge < -0.3 is 20.4 Å². The molecule has 15 heteroatoms. The molecule has 0 radical (unpaired) electrons. The Labute approximate surface area is 393 Å². The Morgan fingerprint density at radius 3 is 2.36 bits per heavy atom. The summed E-state index contributed by atoms with van der Waals surface area (Å²) < 4.78 is 16.4. The van der Waals surface area contributed by atoms with Crippen molar-refractivity contribution in [2.75, 3.05) is 18.4 Å². The highest BCUT2D eigenvalue weighted by molar-refractivity contribution is 6.31. The summed E-state index contributed by atoms with van der Waals surface area (Å²) in [6.45, 7) is 3.49. The molecule has 2 aliphatic carbocycles. The molecule has 66 heavy (non-hydrogen) atoms. The number of nitrogens with one attached hydrogen (secondary N) is 4. The van der Waals surface area contributed by atoms with E-state index in [9.17, 15) is 28.8 Å². The Balaban J connectivity index is 0.797. The summed E-state index contributed by atoms with van der Waals surface area (Å²) in [7, 11) is 0. The van der Waals surface area contributed by atoms with Gasteiger partial charge in [0.2, 0.25) is 29.5 Å². The van der Waals surface area contributed by atoms with Gasteiger partial charge in [-0.05, 0) is 112 Å². The first kappa shape index (κ1) is 44.5. The van der Waals surface area contributed by atoms with Crippen LogP contribution in [0.1, 0.15) is 129 Å². The highest BCUT2D eigenvalue weighted by Crippen LogP contribution is 2.63. The third-order valence-corrected chi connectivity index (χ3v) is 16.5. The minimum atomic E-state index is -1.32. The molecule has 2 unspecified atom stereocenters. The standard InChI is InChI=1S/C51H53Cl2FN6O6/c1-49(22-19-29-7-5-8-33-35(29)28-60(47(33)65)39-17-18-40(61)57-44(39)62)23-25-59(26-24-49)46(64)30-11-14-32(15-12-30)55-45(63)43-41(34-9-6-10-37(53)42(34)54)51(50(58-43)20-3-2-4-21-50)36-16-13-31(52)27-38(36)56-48(51)66/h5-10,13,16,27,30,32,39,41,43,58H,2-4,11-12,14-15,17-18,20-21,23-26,28H2,1H3,(H,55,63)(H,56,66)(H,57,61,62)/t30-,32-,39?,41-,43+,51?/m0/s1. The van der Waals surface area contributed by atoms with E-state index in [1.165, 1.54) is 11.0 Å². The lowest BCUT2D eigenvalue weighted by Crippen LogP contribution is -2.60. The van der Waals surface area contributed by atoms with Crippen molar-refractivity contribution in [1.82, 2.24) is 25.8 Å². The summed E-state index contributed by atoms with van der Waals surface area (Å²) >= 11 is 12.9. The molecule has 3 aromatic carbocycles. The zero-order chi connectivity index (χ0) is 46.1. The smallest absolute Gasteiger partial charge is 0.255 e. The normalized spacial score (nSPS) is 28.6. The van der Waals surface area contributed by atoms with Gasteiger partial charge in [-0.25, -0.2) is 4.39 Å². The van der Waals surface area contributed by atoms with Crippen LogP contribution in [0.25, 0.3) is 0 Å². The number of imide groups is 1. The second kappa shape index (κ2) is 17.1. The minimum Gasteiger partial charge on any atom is -0.352 e. The number of carbonyl (C=O) groups is 6. The van der Waals surface area contributed by atoms with Crippen LogP contribution in [0, 0.1) is 29.0 Å². The van der Waals surface area contributed by atoms with E-state index < -0.39 is 40.7 Å². The quantitative estimate of drug-likeness (QED) is 0.160. The number of carbonyl (C=O) groups excluding carboxylic acids is 6. The van der Waals surface area contributed by atoms with Crippen LogP contribution in [0.2, 0.25) is 10.0 Å². The van der Waals surface area contributed by atoms with Crippen LogP contribution >= 0.6 is 23.2 Å². The van der Waals surface area contributed by atoms with Crippen LogP contribution in [0.5, 0.6) is 0 Å². The third kappa shape index (κ3) is 7.39. The fraction of sp³-hybridized carbons (Fsp3) is 0.490. The van der Waals surface area contributed by atoms with Crippen LogP contribution in [0.15, 0.2) is 54.6 Å². The first-order valence-electron chi connectivity index (χ1n) is 23.4. The molecule has 0 bridgehead atoms.